The predicted molar refractivity (Wildman–Crippen MR) is 74.7 cm³/mol. The number of nitrogens with two attached hydrogens (primary N) is 1. The number of amides is 1. The lowest BCUT2D eigenvalue weighted by molar-refractivity contribution is -0.136. The van der Waals surface area contributed by atoms with Crippen LogP contribution in [-0.2, 0) is 11.3 Å². The number of hydrogen-bond acceptors (Lipinski definition) is 3. The van der Waals surface area contributed by atoms with Crippen LogP contribution in [-0.4, -0.2) is 28.0 Å². The van der Waals surface area contributed by atoms with Crippen LogP contribution in [0.3, 0.4) is 0 Å². The third-order valence-corrected chi connectivity index (χ3v) is 3.75. The average Bonchev–Trinajstić information content (AvgIpc) is 2.36. The van der Waals surface area contributed by atoms with Crippen LogP contribution in [0.4, 0.5) is 5.69 Å². The molecule has 0 bridgehead atoms. The Morgan fingerprint density at radius 3 is 2.84 bits per heavy atom. The largest absolute Gasteiger partial charge is 0.398 e. The minimum atomic E-state index is -0.194. The van der Waals surface area contributed by atoms with Crippen LogP contribution in [0.15, 0.2) is 23.1 Å². The number of nitrogen functional groups attached to an aromatic ring is 1. The van der Waals surface area contributed by atoms with Gasteiger partial charge in [0.2, 0.25) is 5.91 Å². The summed E-state index contributed by atoms with van der Waals surface area (Å²) in [5, 5.41) is 0. The van der Waals surface area contributed by atoms with Gasteiger partial charge in [-0.1, -0.05) is 6.92 Å². The molecule has 1 aliphatic heterocycles. The minimum Gasteiger partial charge on any atom is -0.398 e. The number of carbonyl (C=O) groups is 1. The van der Waals surface area contributed by atoms with Gasteiger partial charge in [-0.15, -0.1) is 0 Å². The fourth-order valence-electron chi connectivity index (χ4n) is 2.55. The molecule has 1 aromatic rings. The lowest BCUT2D eigenvalue weighted by Crippen LogP contribution is -2.47. The summed E-state index contributed by atoms with van der Waals surface area (Å²) in [4.78, 5) is 25.9. The molecule has 0 aromatic carbocycles. The highest BCUT2D eigenvalue weighted by atomic mass is 16.2. The number of hydrogen-bond donors (Lipinski definition) is 1. The molecule has 5 nitrogen and oxygen atoms in total. The SMILES string of the molecule is CC1CCC(C)N(C(=O)Cn2cc(N)ccc2=O)C1. The summed E-state index contributed by atoms with van der Waals surface area (Å²) in [6, 6.07) is 3.19. The van der Waals surface area contributed by atoms with Crippen molar-refractivity contribution in [3.05, 3.63) is 28.7 Å². The van der Waals surface area contributed by atoms with E-state index in [4.69, 9.17) is 5.73 Å². The normalized spacial score (nSPS) is 23.4. The number of rotatable bonds is 2. The molecule has 1 fully saturated rings. The Kier molecular flexibility index (Phi) is 3.93. The maximum atomic E-state index is 12.3. The fraction of sp³-hybridized carbons (Fsp3) is 0.571. The van der Waals surface area contributed by atoms with E-state index in [0.29, 0.717) is 11.6 Å². The Morgan fingerprint density at radius 2 is 2.11 bits per heavy atom. The number of piperidine rings is 1. The van der Waals surface area contributed by atoms with Crippen molar-refractivity contribution < 1.29 is 4.79 Å². The van der Waals surface area contributed by atoms with E-state index < -0.39 is 0 Å². The van der Waals surface area contributed by atoms with Crippen molar-refractivity contribution in [2.45, 2.75) is 39.3 Å². The summed E-state index contributed by atoms with van der Waals surface area (Å²) in [5.74, 6) is 0.518. The highest BCUT2D eigenvalue weighted by Gasteiger charge is 2.26. The van der Waals surface area contributed by atoms with Gasteiger partial charge in [0.25, 0.3) is 5.56 Å². The third-order valence-electron chi connectivity index (χ3n) is 3.75. The molecule has 104 valence electrons. The Hall–Kier alpha value is -1.78. The Morgan fingerprint density at radius 1 is 1.37 bits per heavy atom. The van der Waals surface area contributed by atoms with Crippen LogP contribution >= 0.6 is 0 Å². The number of pyridine rings is 1. The lowest BCUT2D eigenvalue weighted by atomic mass is 9.95. The number of carbonyl (C=O) groups excluding carboxylic acids is 1. The van der Waals surface area contributed by atoms with E-state index in [1.165, 1.54) is 16.8 Å². The molecule has 0 spiro atoms. The summed E-state index contributed by atoms with van der Waals surface area (Å²) >= 11 is 0. The molecular weight excluding hydrogens is 242 g/mol. The smallest absolute Gasteiger partial charge is 0.251 e. The standard InChI is InChI=1S/C14H21N3O2/c1-10-3-4-11(2)17(7-10)14(19)9-16-8-12(15)5-6-13(16)18/h5-6,8,10-11H,3-4,7,9,15H2,1-2H3. The monoisotopic (exact) mass is 263 g/mol. The summed E-state index contributed by atoms with van der Waals surface area (Å²) in [6.45, 7) is 5.06. The molecule has 1 amide bonds. The summed E-state index contributed by atoms with van der Waals surface area (Å²) in [5.41, 5.74) is 5.95. The van der Waals surface area contributed by atoms with Crippen LogP contribution in [0.25, 0.3) is 0 Å². The van der Waals surface area contributed by atoms with Gasteiger partial charge in [-0.3, -0.25) is 9.59 Å². The molecular formula is C14H21N3O2. The van der Waals surface area contributed by atoms with Crippen LogP contribution in [0.2, 0.25) is 0 Å². The number of nitrogens with zero attached hydrogens (tertiary/aromatic N) is 2. The molecule has 0 radical (unpaired) electrons. The fourth-order valence-corrected chi connectivity index (χ4v) is 2.55. The second-order valence-electron chi connectivity index (χ2n) is 5.51. The minimum absolute atomic E-state index is 0.00764. The molecule has 1 saturated heterocycles. The molecule has 0 saturated carbocycles. The van der Waals surface area contributed by atoms with Gasteiger partial charge in [0.15, 0.2) is 0 Å². The molecule has 2 heterocycles. The quantitative estimate of drug-likeness (QED) is 0.868. The Labute approximate surface area is 113 Å². The number of anilines is 1. The zero-order valence-corrected chi connectivity index (χ0v) is 11.5. The first-order chi connectivity index (χ1) is 8.97. The van der Waals surface area contributed by atoms with Gasteiger partial charge in [0, 0.05) is 30.5 Å². The van der Waals surface area contributed by atoms with Gasteiger partial charge in [0.1, 0.15) is 6.54 Å². The van der Waals surface area contributed by atoms with Crippen molar-refractivity contribution in [2.75, 3.05) is 12.3 Å². The zero-order valence-electron chi connectivity index (χ0n) is 11.5. The molecule has 2 rings (SSSR count). The van der Waals surface area contributed by atoms with Crippen molar-refractivity contribution in [3.8, 4) is 0 Å². The zero-order chi connectivity index (χ0) is 14.0. The first-order valence-corrected chi connectivity index (χ1v) is 6.73. The Bertz CT molecular complexity index is 524. The topological polar surface area (TPSA) is 68.3 Å². The summed E-state index contributed by atoms with van der Waals surface area (Å²) in [7, 11) is 0. The first-order valence-electron chi connectivity index (χ1n) is 6.73. The van der Waals surface area contributed by atoms with Gasteiger partial charge in [0.05, 0.1) is 0 Å². The molecule has 2 unspecified atom stereocenters. The lowest BCUT2D eigenvalue weighted by Gasteiger charge is -2.37. The van der Waals surface area contributed by atoms with Gasteiger partial charge in [-0.2, -0.15) is 0 Å². The average molecular weight is 263 g/mol. The molecule has 2 atom stereocenters. The van der Waals surface area contributed by atoms with E-state index in [2.05, 4.69) is 13.8 Å². The highest BCUT2D eigenvalue weighted by Crippen LogP contribution is 2.21. The maximum absolute atomic E-state index is 12.3. The van der Waals surface area contributed by atoms with E-state index in [1.54, 1.807) is 6.07 Å². The van der Waals surface area contributed by atoms with Crippen molar-refractivity contribution in [1.29, 1.82) is 0 Å². The first kappa shape index (κ1) is 13.6. The van der Waals surface area contributed by atoms with Crippen LogP contribution < -0.4 is 11.3 Å². The van der Waals surface area contributed by atoms with Crippen LogP contribution in [0.5, 0.6) is 0 Å². The van der Waals surface area contributed by atoms with E-state index in [1.807, 2.05) is 4.90 Å². The number of aromatic nitrogens is 1. The molecule has 0 aliphatic carbocycles. The van der Waals surface area contributed by atoms with Crippen LogP contribution in [0.1, 0.15) is 26.7 Å². The number of likely N-dealkylation sites (tertiary alicyclic amines) is 1. The second kappa shape index (κ2) is 5.47. The predicted octanol–water partition coefficient (Wildman–Crippen LogP) is 1.08. The molecule has 5 heteroatoms. The van der Waals surface area contributed by atoms with E-state index >= 15 is 0 Å². The van der Waals surface area contributed by atoms with Gasteiger partial charge >= 0.3 is 0 Å². The van der Waals surface area contributed by atoms with Gasteiger partial charge in [-0.05, 0) is 31.7 Å². The van der Waals surface area contributed by atoms with E-state index in [9.17, 15) is 9.59 Å². The van der Waals surface area contributed by atoms with Crippen molar-refractivity contribution in [3.63, 3.8) is 0 Å². The maximum Gasteiger partial charge on any atom is 0.251 e. The van der Waals surface area contributed by atoms with Crippen LogP contribution in [0, 0.1) is 5.92 Å². The summed E-state index contributed by atoms with van der Waals surface area (Å²) < 4.78 is 1.38. The second-order valence-corrected chi connectivity index (χ2v) is 5.51. The van der Waals surface area contributed by atoms with Gasteiger partial charge in [-0.25, -0.2) is 0 Å². The van der Waals surface area contributed by atoms with Crippen molar-refractivity contribution >= 4 is 11.6 Å². The van der Waals surface area contributed by atoms with Crippen molar-refractivity contribution in [2.24, 2.45) is 5.92 Å². The Balaban J connectivity index is 2.12. The van der Waals surface area contributed by atoms with Gasteiger partial charge < -0.3 is 15.2 Å². The summed E-state index contributed by atoms with van der Waals surface area (Å²) in [6.07, 6.45) is 3.71. The molecule has 1 aliphatic rings. The van der Waals surface area contributed by atoms with E-state index in [0.717, 1.165) is 19.4 Å². The van der Waals surface area contributed by atoms with Crippen molar-refractivity contribution in [1.82, 2.24) is 9.47 Å². The highest BCUT2D eigenvalue weighted by molar-refractivity contribution is 5.76. The molecule has 2 N–H and O–H groups in total. The molecule has 19 heavy (non-hydrogen) atoms. The van der Waals surface area contributed by atoms with E-state index in [-0.39, 0.29) is 24.1 Å². The molecule has 1 aromatic heterocycles. The third kappa shape index (κ3) is 3.16.